The molecule has 2 saturated heterocycles. The van der Waals surface area contributed by atoms with Crippen LogP contribution in [0.15, 0.2) is 39.5 Å². The number of aromatic hydroxyl groups is 4. The largest absolute Gasteiger partial charge is 0.508 e. The number of hydrogen-bond donors (Lipinski definition) is 9. The van der Waals surface area contributed by atoms with Crippen molar-refractivity contribution in [3.8, 4) is 40.1 Å². The van der Waals surface area contributed by atoms with Crippen molar-refractivity contribution in [2.45, 2.75) is 75.3 Å². The zero-order chi connectivity index (χ0) is 30.6. The number of fused-ring (bicyclic) bond motifs is 1. The van der Waals surface area contributed by atoms with E-state index in [1.165, 1.54) is 13.8 Å². The van der Waals surface area contributed by atoms with E-state index in [1.807, 2.05) is 0 Å². The quantitative estimate of drug-likeness (QED) is 0.166. The molecule has 0 saturated carbocycles. The SMILES string of the molecule is CC1OC(OC2C(C)OC(Oc3cc(-c4cc(=O)c5c(O)cc(O)cc5o4)cc(O)c3O)C(O)C2O)C(O)C(O)C1O. The highest BCUT2D eigenvalue weighted by Crippen LogP contribution is 2.42. The summed E-state index contributed by atoms with van der Waals surface area (Å²) in [4.78, 5) is 12.6. The number of ether oxygens (including phenoxy) is 4. The number of phenolic OH excluding ortho intramolecular Hbond substituents is 4. The Bertz CT molecular complexity index is 1520. The van der Waals surface area contributed by atoms with Crippen molar-refractivity contribution in [1.82, 2.24) is 0 Å². The first-order valence-corrected chi connectivity index (χ1v) is 12.9. The standard InChI is InChI=1S/C27H30O15/c1-8-19(32)21(34)23(36)27(38-8)42-25-9(2)39-26(24(37)22(25)35)41-17-4-10(3-14(31)20(17)33)15-7-13(30)18-12(29)5-11(28)6-16(18)40-15/h3-9,19,21-29,31-37H,1-2H3. The third kappa shape index (κ3) is 5.32. The molecule has 1 aromatic heterocycles. The Hall–Kier alpha value is -3.67. The van der Waals surface area contributed by atoms with Crippen LogP contribution in [0.25, 0.3) is 22.3 Å². The molecule has 228 valence electrons. The summed E-state index contributed by atoms with van der Waals surface area (Å²) >= 11 is 0. The molecule has 0 amide bonds. The minimum absolute atomic E-state index is 0.0144. The summed E-state index contributed by atoms with van der Waals surface area (Å²) in [5, 5.41) is 92.1. The van der Waals surface area contributed by atoms with E-state index in [9.17, 15) is 50.8 Å². The molecule has 0 spiro atoms. The van der Waals surface area contributed by atoms with Crippen LogP contribution in [0.3, 0.4) is 0 Å². The summed E-state index contributed by atoms with van der Waals surface area (Å²) in [6.07, 6.45) is -14.5. The molecule has 9 N–H and O–H groups in total. The molecule has 0 bridgehead atoms. The highest BCUT2D eigenvalue weighted by molar-refractivity contribution is 5.86. The van der Waals surface area contributed by atoms with E-state index in [0.717, 1.165) is 30.3 Å². The van der Waals surface area contributed by atoms with E-state index in [1.54, 1.807) is 0 Å². The van der Waals surface area contributed by atoms with Gasteiger partial charge in [0.25, 0.3) is 0 Å². The molecule has 0 radical (unpaired) electrons. The molecule has 2 fully saturated rings. The molecule has 2 aliphatic heterocycles. The first-order valence-electron chi connectivity index (χ1n) is 12.9. The summed E-state index contributed by atoms with van der Waals surface area (Å²) < 4.78 is 27.9. The molecular formula is C27H30O15. The van der Waals surface area contributed by atoms with E-state index in [2.05, 4.69) is 0 Å². The third-order valence-electron chi connectivity index (χ3n) is 7.25. The van der Waals surface area contributed by atoms with E-state index in [-0.39, 0.29) is 28.0 Å². The van der Waals surface area contributed by atoms with Crippen molar-refractivity contribution < 1.29 is 69.3 Å². The molecule has 15 nitrogen and oxygen atoms in total. The van der Waals surface area contributed by atoms with Gasteiger partial charge in [0.05, 0.1) is 12.2 Å². The van der Waals surface area contributed by atoms with Crippen LogP contribution in [0.1, 0.15) is 13.8 Å². The predicted octanol–water partition coefficient (Wildman–Crippen LogP) is -0.660. The van der Waals surface area contributed by atoms with Crippen LogP contribution in [0, 0.1) is 0 Å². The van der Waals surface area contributed by atoms with Gasteiger partial charge in [-0.2, -0.15) is 0 Å². The van der Waals surface area contributed by atoms with Gasteiger partial charge in [-0.15, -0.1) is 0 Å². The van der Waals surface area contributed by atoms with Crippen molar-refractivity contribution in [2.24, 2.45) is 0 Å². The zero-order valence-corrected chi connectivity index (χ0v) is 22.1. The van der Waals surface area contributed by atoms with Gasteiger partial charge in [-0.3, -0.25) is 4.79 Å². The maximum atomic E-state index is 12.6. The third-order valence-corrected chi connectivity index (χ3v) is 7.25. The van der Waals surface area contributed by atoms with Crippen LogP contribution >= 0.6 is 0 Å². The van der Waals surface area contributed by atoms with Gasteiger partial charge in [0.15, 0.2) is 23.2 Å². The van der Waals surface area contributed by atoms with Gasteiger partial charge in [0.1, 0.15) is 64.9 Å². The summed E-state index contributed by atoms with van der Waals surface area (Å²) in [6, 6.07) is 5.28. The number of phenols is 4. The van der Waals surface area contributed by atoms with Gasteiger partial charge in [-0.05, 0) is 26.0 Å². The first-order chi connectivity index (χ1) is 19.8. The van der Waals surface area contributed by atoms with E-state index in [0.29, 0.717) is 0 Å². The summed E-state index contributed by atoms with van der Waals surface area (Å²) in [5.41, 5.74) is -0.820. The topological polar surface area (TPSA) is 249 Å². The lowest BCUT2D eigenvalue weighted by atomic mass is 9.97. The average molecular weight is 595 g/mol. The van der Waals surface area contributed by atoms with Gasteiger partial charge in [-0.1, -0.05) is 0 Å². The van der Waals surface area contributed by atoms with Gasteiger partial charge in [0.2, 0.25) is 12.0 Å². The van der Waals surface area contributed by atoms with Crippen molar-refractivity contribution in [2.75, 3.05) is 0 Å². The Morgan fingerprint density at radius 2 is 1.38 bits per heavy atom. The maximum Gasteiger partial charge on any atom is 0.229 e. The number of rotatable bonds is 5. The number of aliphatic hydroxyl groups is 5. The van der Waals surface area contributed by atoms with Crippen molar-refractivity contribution in [1.29, 1.82) is 0 Å². The van der Waals surface area contributed by atoms with Crippen LogP contribution in [0.2, 0.25) is 0 Å². The first kappa shape index (κ1) is 29.8. The Balaban J connectivity index is 1.38. The van der Waals surface area contributed by atoms with Crippen molar-refractivity contribution in [3.63, 3.8) is 0 Å². The molecule has 5 rings (SSSR count). The molecule has 0 aliphatic carbocycles. The second-order valence-electron chi connectivity index (χ2n) is 10.2. The minimum Gasteiger partial charge on any atom is -0.508 e. The van der Waals surface area contributed by atoms with Gasteiger partial charge >= 0.3 is 0 Å². The lowest BCUT2D eigenvalue weighted by molar-refractivity contribution is -0.345. The normalized spacial score (nSPS) is 33.5. The van der Waals surface area contributed by atoms with E-state index < -0.39 is 89.8 Å². The summed E-state index contributed by atoms with van der Waals surface area (Å²) in [5.74, 6) is -2.93. The van der Waals surface area contributed by atoms with E-state index >= 15 is 0 Å². The van der Waals surface area contributed by atoms with E-state index in [4.69, 9.17) is 23.4 Å². The van der Waals surface area contributed by atoms with Crippen LogP contribution in [0.5, 0.6) is 28.7 Å². The van der Waals surface area contributed by atoms with Gasteiger partial charge in [0, 0.05) is 23.8 Å². The molecule has 15 heteroatoms. The van der Waals surface area contributed by atoms with Crippen LogP contribution in [-0.2, 0) is 14.2 Å². The predicted molar refractivity (Wildman–Crippen MR) is 139 cm³/mol. The lowest BCUT2D eigenvalue weighted by Crippen LogP contribution is -2.63. The molecular weight excluding hydrogens is 564 g/mol. The number of aliphatic hydroxyl groups excluding tert-OH is 5. The second kappa shape index (κ2) is 11.2. The molecule has 42 heavy (non-hydrogen) atoms. The number of hydrogen-bond acceptors (Lipinski definition) is 15. The maximum absolute atomic E-state index is 12.6. The highest BCUT2D eigenvalue weighted by Gasteiger charge is 2.49. The van der Waals surface area contributed by atoms with Crippen LogP contribution < -0.4 is 10.2 Å². The molecule has 10 unspecified atom stereocenters. The molecule has 10 atom stereocenters. The zero-order valence-electron chi connectivity index (χ0n) is 22.1. The lowest BCUT2D eigenvalue weighted by Gasteiger charge is -2.45. The second-order valence-corrected chi connectivity index (χ2v) is 10.2. The van der Waals surface area contributed by atoms with Gasteiger partial charge in [-0.25, -0.2) is 0 Å². The van der Waals surface area contributed by atoms with Crippen molar-refractivity contribution in [3.05, 3.63) is 40.6 Å². The fraction of sp³-hybridized carbons (Fsp3) is 0.444. The van der Waals surface area contributed by atoms with Gasteiger partial charge < -0.3 is 69.3 Å². The summed E-state index contributed by atoms with van der Waals surface area (Å²) in [7, 11) is 0. The smallest absolute Gasteiger partial charge is 0.229 e. The Morgan fingerprint density at radius 1 is 0.714 bits per heavy atom. The Labute approximate surface area is 236 Å². The highest BCUT2D eigenvalue weighted by atomic mass is 16.7. The molecule has 2 aromatic carbocycles. The molecule has 2 aliphatic rings. The fourth-order valence-electron chi connectivity index (χ4n) is 4.92. The molecule has 3 heterocycles. The monoisotopic (exact) mass is 594 g/mol. The Kier molecular flexibility index (Phi) is 7.95. The molecule has 3 aromatic rings. The fourth-order valence-corrected chi connectivity index (χ4v) is 4.92. The van der Waals surface area contributed by atoms with Crippen LogP contribution in [-0.4, -0.2) is 107 Å². The number of benzene rings is 2. The minimum atomic E-state index is -1.81. The van der Waals surface area contributed by atoms with Crippen molar-refractivity contribution >= 4 is 11.0 Å². The Morgan fingerprint density at radius 3 is 2.10 bits per heavy atom. The summed E-state index contributed by atoms with van der Waals surface area (Å²) in [6.45, 7) is 2.89. The average Bonchev–Trinajstić information content (AvgIpc) is 2.92. The van der Waals surface area contributed by atoms with Crippen LogP contribution in [0.4, 0.5) is 0 Å².